The first-order valence-electron chi connectivity index (χ1n) is 13.3. The summed E-state index contributed by atoms with van der Waals surface area (Å²) in [6.45, 7) is 2.87. The number of hydroxylamine groups is 1. The average Bonchev–Trinajstić information content (AvgIpc) is 3.35. The van der Waals surface area contributed by atoms with Gasteiger partial charge in [0.15, 0.2) is 0 Å². The number of aryl methyl sites for hydroxylation is 2. The van der Waals surface area contributed by atoms with Gasteiger partial charge in [-0.15, -0.1) is 0 Å². The molecule has 1 aliphatic heterocycles. The van der Waals surface area contributed by atoms with Crippen LogP contribution in [0.25, 0.3) is 11.5 Å². The summed E-state index contributed by atoms with van der Waals surface area (Å²) in [4.78, 5) is 21.4. The van der Waals surface area contributed by atoms with E-state index in [1.165, 1.54) is 16.4 Å². The highest BCUT2D eigenvalue weighted by Gasteiger charge is 2.35. The topological polar surface area (TPSA) is 102 Å². The van der Waals surface area contributed by atoms with E-state index >= 15 is 0 Å². The van der Waals surface area contributed by atoms with Crippen LogP contribution < -0.4 is 9.04 Å². The quantitative estimate of drug-likeness (QED) is 0.206. The van der Waals surface area contributed by atoms with Crippen molar-refractivity contribution in [3.05, 3.63) is 101 Å². The van der Waals surface area contributed by atoms with Crippen molar-refractivity contribution in [2.75, 3.05) is 10.8 Å². The Kier molecular flexibility index (Phi) is 8.47. The van der Waals surface area contributed by atoms with Gasteiger partial charge in [-0.25, -0.2) is 4.98 Å². The second-order valence-electron chi connectivity index (χ2n) is 9.89. The largest absolute Gasteiger partial charge is 0.487 e. The zero-order chi connectivity index (χ0) is 30.8. The Morgan fingerprint density at radius 1 is 1.05 bits per heavy atom. The molecule has 0 N–H and O–H groups in total. The fourth-order valence-electron chi connectivity index (χ4n) is 4.63. The minimum atomic E-state index is -4.44. The minimum Gasteiger partial charge on any atom is -0.487 e. The third kappa shape index (κ3) is 6.83. The normalized spacial score (nSPS) is 13.6. The van der Waals surface area contributed by atoms with Crippen molar-refractivity contribution in [1.29, 1.82) is 0 Å². The first-order valence-corrected chi connectivity index (χ1v) is 14.7. The molecule has 9 nitrogen and oxygen atoms in total. The number of hydrogen-bond acceptors (Lipinski definition) is 7. The van der Waals surface area contributed by atoms with E-state index in [-0.39, 0.29) is 25.6 Å². The first kappa shape index (κ1) is 30.1. The molecule has 4 aromatic rings. The van der Waals surface area contributed by atoms with Crippen LogP contribution >= 0.6 is 0 Å². The Morgan fingerprint density at radius 2 is 1.74 bits per heavy atom. The van der Waals surface area contributed by atoms with Gasteiger partial charge < -0.3 is 14.0 Å². The molecule has 0 amide bonds. The van der Waals surface area contributed by atoms with Crippen LogP contribution in [0.1, 0.15) is 41.5 Å². The van der Waals surface area contributed by atoms with Gasteiger partial charge in [-0.1, -0.05) is 30.3 Å². The molecule has 0 radical (unpaired) electrons. The zero-order valence-electron chi connectivity index (χ0n) is 23.3. The van der Waals surface area contributed by atoms with Crippen LogP contribution in [0.2, 0.25) is 0 Å². The van der Waals surface area contributed by atoms with Crippen LogP contribution in [0.15, 0.2) is 77.2 Å². The third-order valence-corrected chi connectivity index (χ3v) is 8.45. The smallest absolute Gasteiger partial charge is 0.416 e. The molecule has 5 rings (SSSR count). The highest BCUT2D eigenvalue weighted by atomic mass is 32.2. The summed E-state index contributed by atoms with van der Waals surface area (Å²) in [7, 11) is -4.20. The summed E-state index contributed by atoms with van der Waals surface area (Å²) in [6.07, 6.45) is -3.05. The number of carbonyl (C=O) groups is 1. The monoisotopic (exact) mass is 615 g/mol. The van der Waals surface area contributed by atoms with Crippen molar-refractivity contribution in [2.45, 2.75) is 46.0 Å². The molecule has 0 spiro atoms. The fraction of sp³-hybridized carbons (Fsp3) is 0.267. The molecule has 0 saturated heterocycles. The van der Waals surface area contributed by atoms with E-state index in [1.54, 1.807) is 43.3 Å². The van der Waals surface area contributed by atoms with Gasteiger partial charge in [-0.2, -0.15) is 21.6 Å². The van der Waals surface area contributed by atoms with E-state index in [9.17, 15) is 26.4 Å². The number of carbonyl (C=O) groups excluding carboxylic acids is 1. The van der Waals surface area contributed by atoms with Crippen LogP contribution in [-0.2, 0) is 45.6 Å². The Balaban J connectivity index is 1.26. The number of para-hydroxylation sites is 1. The lowest BCUT2D eigenvalue weighted by atomic mass is 10.0. The van der Waals surface area contributed by atoms with E-state index in [0.29, 0.717) is 44.9 Å². The van der Waals surface area contributed by atoms with Crippen molar-refractivity contribution in [3.63, 3.8) is 0 Å². The first-order chi connectivity index (χ1) is 20.4. The summed E-state index contributed by atoms with van der Waals surface area (Å²) in [5, 5.41) is 0. The maximum Gasteiger partial charge on any atom is 0.416 e. The summed E-state index contributed by atoms with van der Waals surface area (Å²) in [5.41, 5.74) is 2.09. The van der Waals surface area contributed by atoms with Crippen LogP contribution in [0, 0.1) is 6.92 Å². The molecule has 2 heterocycles. The van der Waals surface area contributed by atoms with Crippen LogP contribution in [-0.4, -0.2) is 30.4 Å². The van der Waals surface area contributed by atoms with Crippen molar-refractivity contribution < 1.29 is 40.4 Å². The Labute approximate surface area is 246 Å². The molecular formula is C30H28F3N3O6S. The lowest BCUT2D eigenvalue weighted by Crippen LogP contribution is -2.46. The molecule has 3 aromatic carbocycles. The summed E-state index contributed by atoms with van der Waals surface area (Å²) >= 11 is 0. The molecule has 0 atom stereocenters. The molecule has 0 unspecified atom stereocenters. The molecular weight excluding hydrogens is 587 g/mol. The van der Waals surface area contributed by atoms with E-state index in [1.807, 2.05) is 12.1 Å². The van der Waals surface area contributed by atoms with Gasteiger partial charge in [0.05, 0.1) is 17.8 Å². The maximum absolute atomic E-state index is 13.6. The van der Waals surface area contributed by atoms with Crippen LogP contribution in [0.5, 0.6) is 5.75 Å². The van der Waals surface area contributed by atoms with Crippen LogP contribution in [0.3, 0.4) is 0 Å². The van der Waals surface area contributed by atoms with Crippen molar-refractivity contribution in [2.24, 2.45) is 0 Å². The fourth-order valence-corrected chi connectivity index (χ4v) is 6.15. The Hall–Kier alpha value is -4.36. The molecule has 13 heteroatoms. The molecule has 226 valence electrons. The Bertz CT molecular complexity index is 1700. The lowest BCUT2D eigenvalue weighted by Gasteiger charge is -2.33. The number of nitrogens with zero attached hydrogens (tertiary/aromatic N) is 3. The van der Waals surface area contributed by atoms with Crippen molar-refractivity contribution in [3.8, 4) is 17.2 Å². The van der Waals surface area contributed by atoms with Gasteiger partial charge in [-0.3, -0.25) is 9.10 Å². The molecule has 1 aliphatic rings. The third-order valence-electron chi connectivity index (χ3n) is 6.80. The van der Waals surface area contributed by atoms with Crippen molar-refractivity contribution >= 4 is 21.9 Å². The zero-order valence-corrected chi connectivity index (χ0v) is 24.1. The number of aromatic nitrogens is 1. The molecule has 0 aliphatic carbocycles. The molecule has 1 aromatic heterocycles. The lowest BCUT2D eigenvalue weighted by molar-refractivity contribution is -0.168. The average molecular weight is 616 g/mol. The van der Waals surface area contributed by atoms with E-state index < -0.39 is 27.9 Å². The molecule has 43 heavy (non-hydrogen) atoms. The molecule has 0 fully saturated rings. The van der Waals surface area contributed by atoms with Gasteiger partial charge in [0.1, 0.15) is 23.8 Å². The molecule has 0 saturated carbocycles. The van der Waals surface area contributed by atoms with Crippen molar-refractivity contribution in [1.82, 2.24) is 9.45 Å². The summed E-state index contributed by atoms with van der Waals surface area (Å²) in [6, 6.07) is 18.3. The number of alkyl halides is 3. The predicted molar refractivity (Wildman–Crippen MR) is 151 cm³/mol. The number of hydrogen-bond donors (Lipinski definition) is 0. The minimum absolute atomic E-state index is 0.0254. The van der Waals surface area contributed by atoms with Gasteiger partial charge in [0, 0.05) is 19.0 Å². The number of anilines is 1. The van der Waals surface area contributed by atoms with E-state index in [2.05, 4.69) is 4.98 Å². The number of fused-ring (bicyclic) bond motifs is 1. The molecule has 0 bridgehead atoms. The number of rotatable bonds is 9. The van der Waals surface area contributed by atoms with Gasteiger partial charge in [0.2, 0.25) is 5.89 Å². The highest BCUT2D eigenvalue weighted by molar-refractivity contribution is 7.90. The van der Waals surface area contributed by atoms with Gasteiger partial charge in [0.25, 0.3) is 0 Å². The van der Waals surface area contributed by atoms with Crippen LogP contribution in [0.4, 0.5) is 18.9 Å². The number of benzene rings is 3. The summed E-state index contributed by atoms with van der Waals surface area (Å²) in [5.74, 6) is 0.304. The number of halogens is 3. The predicted octanol–water partition coefficient (Wildman–Crippen LogP) is 6.23. The standard InChI is InChI=1S/C30H28F3N3O6S/c1-20-27(34-29(41-20)24-11-13-25(14-12-24)30(31,32)33)19-40-26-15-9-22(10-16-26)18-36(42-21(2)37)43(38,39)35-17-5-7-23-6-3-4-8-28(23)35/h3-4,6,8-16H,5,7,17-19H2,1-2H3. The second kappa shape index (κ2) is 12.1. The van der Waals surface area contributed by atoms with Gasteiger partial charge in [-0.05, 0) is 77.8 Å². The SMILES string of the molecule is CC(=O)ON(Cc1ccc(OCc2nc(-c3ccc(C(F)(F)F)cc3)oc2C)cc1)S(=O)(=O)N1CCCc2ccccc21. The van der Waals surface area contributed by atoms with E-state index in [0.717, 1.165) is 31.0 Å². The van der Waals surface area contributed by atoms with Gasteiger partial charge >= 0.3 is 22.4 Å². The maximum atomic E-state index is 13.6. The Morgan fingerprint density at radius 3 is 2.42 bits per heavy atom. The number of ether oxygens (including phenoxy) is 1. The number of oxazole rings is 1. The van der Waals surface area contributed by atoms with E-state index in [4.69, 9.17) is 14.0 Å². The second-order valence-corrected chi connectivity index (χ2v) is 11.6. The highest BCUT2D eigenvalue weighted by Crippen LogP contribution is 2.32. The summed E-state index contributed by atoms with van der Waals surface area (Å²) < 4.78 is 79.2.